The highest BCUT2D eigenvalue weighted by Crippen LogP contribution is 2.37. The number of carboxylic acids is 2. The van der Waals surface area contributed by atoms with Crippen LogP contribution in [0.4, 0.5) is 0 Å². The smallest absolute Gasteiger partial charge is 0.338 e. The minimum absolute atomic E-state index is 0.00851. The lowest BCUT2D eigenvalue weighted by Crippen LogP contribution is -2.16. The summed E-state index contributed by atoms with van der Waals surface area (Å²) in [5, 5.41) is 17.8. The highest BCUT2D eigenvalue weighted by molar-refractivity contribution is 7.86. The van der Waals surface area contributed by atoms with Gasteiger partial charge in [-0.2, -0.15) is 8.42 Å². The second-order valence-electron chi connectivity index (χ2n) is 4.02. The molecule has 0 heterocycles. The van der Waals surface area contributed by atoms with Crippen molar-refractivity contribution in [1.82, 2.24) is 0 Å². The molecule has 7 nitrogen and oxygen atoms in total. The molecule has 0 unspecified atom stereocenters. The molecule has 9 heteroatoms. The molecule has 0 bridgehead atoms. The van der Waals surface area contributed by atoms with E-state index in [0.29, 0.717) is 0 Å². The number of halogens is 1. The summed E-state index contributed by atoms with van der Waals surface area (Å²) in [4.78, 5) is 21.5. The van der Waals surface area contributed by atoms with Gasteiger partial charge >= 0.3 is 11.9 Å². The lowest BCUT2D eigenvalue weighted by atomic mass is 9.98. The lowest BCUT2D eigenvalue weighted by molar-refractivity contribution is 0.0650. The van der Waals surface area contributed by atoms with Gasteiger partial charge in [-0.3, -0.25) is 4.55 Å². The van der Waals surface area contributed by atoms with Crippen LogP contribution in [0.2, 0.25) is 5.02 Å². The van der Waals surface area contributed by atoms with Gasteiger partial charge in [-0.1, -0.05) is 35.9 Å². The molecule has 110 valence electrons. The second kappa shape index (κ2) is 4.99. The zero-order valence-electron chi connectivity index (χ0n) is 10.1. The summed E-state index contributed by atoms with van der Waals surface area (Å²) < 4.78 is 32.0. The zero-order chi connectivity index (χ0) is 15.9. The van der Waals surface area contributed by atoms with Crippen molar-refractivity contribution in [1.29, 1.82) is 0 Å². The van der Waals surface area contributed by atoms with Crippen molar-refractivity contribution in [3.63, 3.8) is 0 Å². The minimum atomic E-state index is -5.03. The van der Waals surface area contributed by atoms with Crippen molar-refractivity contribution in [2.24, 2.45) is 0 Å². The Morgan fingerprint density at radius 2 is 1.43 bits per heavy atom. The summed E-state index contributed by atoms with van der Waals surface area (Å²) >= 11 is 5.86. The average Bonchev–Trinajstić information content (AvgIpc) is 2.36. The van der Waals surface area contributed by atoms with Gasteiger partial charge in [-0.05, 0) is 5.39 Å². The van der Waals surface area contributed by atoms with Crippen LogP contribution in [0.3, 0.4) is 0 Å². The SMILES string of the molecule is O=C(O)c1c(S(=O)(=O)O)c(Cl)c2ccccc2c1C(=O)O. The van der Waals surface area contributed by atoms with Crippen LogP contribution in [0.25, 0.3) is 10.8 Å². The maximum absolute atomic E-state index is 11.4. The first-order chi connectivity index (χ1) is 9.66. The zero-order valence-corrected chi connectivity index (χ0v) is 11.6. The standard InChI is InChI=1S/C12H7ClO7S/c13-9-6-4-2-1-3-5(6)7(11(14)15)8(12(16)17)10(9)21(18,19)20/h1-4H,(H,14,15)(H,16,17)(H,18,19,20). The van der Waals surface area contributed by atoms with E-state index in [-0.39, 0.29) is 10.8 Å². The first-order valence-electron chi connectivity index (χ1n) is 5.34. The quantitative estimate of drug-likeness (QED) is 0.735. The Labute approximate surface area is 123 Å². The molecule has 21 heavy (non-hydrogen) atoms. The fraction of sp³-hybridized carbons (Fsp3) is 0. The summed E-state index contributed by atoms with van der Waals surface area (Å²) in [6.45, 7) is 0. The molecule has 0 atom stereocenters. The van der Waals surface area contributed by atoms with E-state index < -0.39 is 43.1 Å². The molecule has 0 aliphatic heterocycles. The summed E-state index contributed by atoms with van der Waals surface area (Å²) in [6, 6.07) is 5.53. The summed E-state index contributed by atoms with van der Waals surface area (Å²) in [6.07, 6.45) is 0. The topological polar surface area (TPSA) is 129 Å². The fourth-order valence-corrected chi connectivity index (χ4v) is 3.38. The van der Waals surface area contributed by atoms with Gasteiger partial charge < -0.3 is 10.2 Å². The van der Waals surface area contributed by atoms with Crippen LogP contribution in [0.5, 0.6) is 0 Å². The van der Waals surface area contributed by atoms with Crippen molar-refractivity contribution in [3.05, 3.63) is 40.4 Å². The van der Waals surface area contributed by atoms with Gasteiger partial charge in [0.25, 0.3) is 10.1 Å². The molecule has 2 rings (SSSR count). The molecule has 0 saturated carbocycles. The van der Waals surface area contributed by atoms with E-state index in [0.717, 1.165) is 0 Å². The van der Waals surface area contributed by atoms with E-state index in [4.69, 9.17) is 16.7 Å². The number of rotatable bonds is 3. The first-order valence-corrected chi connectivity index (χ1v) is 7.16. The number of benzene rings is 2. The van der Waals surface area contributed by atoms with Gasteiger partial charge in [0.15, 0.2) is 0 Å². The third-order valence-corrected chi connectivity index (χ3v) is 4.22. The predicted octanol–water partition coefficient (Wildman–Crippen LogP) is 2.14. The van der Waals surface area contributed by atoms with Gasteiger partial charge in [0.05, 0.1) is 16.1 Å². The monoisotopic (exact) mass is 330 g/mol. The molecule has 2 aromatic rings. The number of hydrogen-bond donors (Lipinski definition) is 3. The summed E-state index contributed by atoms with van der Waals surface area (Å²) in [5.74, 6) is -3.47. The van der Waals surface area contributed by atoms with Crippen molar-refractivity contribution in [2.45, 2.75) is 4.90 Å². The number of carboxylic acid groups (broad SMARTS) is 2. The van der Waals surface area contributed by atoms with Crippen LogP contribution in [0, 0.1) is 0 Å². The molecule has 2 aromatic carbocycles. The number of fused-ring (bicyclic) bond motifs is 1. The van der Waals surface area contributed by atoms with Crippen molar-refractivity contribution < 1.29 is 32.8 Å². The number of carbonyl (C=O) groups is 2. The van der Waals surface area contributed by atoms with Crippen LogP contribution < -0.4 is 0 Å². The van der Waals surface area contributed by atoms with E-state index >= 15 is 0 Å². The molecule has 0 radical (unpaired) electrons. The lowest BCUT2D eigenvalue weighted by Gasteiger charge is -2.13. The molecular weight excluding hydrogens is 324 g/mol. The minimum Gasteiger partial charge on any atom is -0.478 e. The van der Waals surface area contributed by atoms with Crippen LogP contribution in [-0.2, 0) is 10.1 Å². The van der Waals surface area contributed by atoms with Crippen LogP contribution in [0.1, 0.15) is 20.7 Å². The molecule has 0 aliphatic carbocycles. The van der Waals surface area contributed by atoms with Crippen molar-refractivity contribution in [2.75, 3.05) is 0 Å². The molecule has 0 fully saturated rings. The first kappa shape index (κ1) is 15.2. The number of aromatic carboxylic acids is 2. The molecule has 0 aromatic heterocycles. The Kier molecular flexibility index (Phi) is 3.62. The number of hydrogen-bond acceptors (Lipinski definition) is 4. The van der Waals surface area contributed by atoms with Crippen LogP contribution in [-0.4, -0.2) is 35.1 Å². The third-order valence-electron chi connectivity index (χ3n) is 2.79. The van der Waals surface area contributed by atoms with Gasteiger partial charge in [-0.25, -0.2) is 9.59 Å². The van der Waals surface area contributed by atoms with Crippen molar-refractivity contribution in [3.8, 4) is 0 Å². The second-order valence-corrected chi connectivity index (χ2v) is 5.76. The van der Waals surface area contributed by atoms with Crippen LogP contribution >= 0.6 is 11.6 Å². The maximum atomic E-state index is 11.4. The van der Waals surface area contributed by atoms with E-state index in [1.54, 1.807) is 0 Å². The van der Waals surface area contributed by atoms with Crippen molar-refractivity contribution >= 4 is 44.4 Å². The predicted molar refractivity (Wildman–Crippen MR) is 72.7 cm³/mol. The largest absolute Gasteiger partial charge is 0.478 e. The maximum Gasteiger partial charge on any atom is 0.338 e. The Hall–Kier alpha value is -2.16. The molecule has 3 N–H and O–H groups in total. The summed E-state index contributed by atoms with van der Waals surface area (Å²) in [5.41, 5.74) is -1.83. The van der Waals surface area contributed by atoms with Gasteiger partial charge in [0.1, 0.15) is 4.90 Å². The van der Waals surface area contributed by atoms with Gasteiger partial charge in [-0.15, -0.1) is 0 Å². The molecule has 0 amide bonds. The normalized spacial score (nSPS) is 11.5. The van der Waals surface area contributed by atoms with E-state index in [1.807, 2.05) is 0 Å². The molecule has 0 spiro atoms. The highest BCUT2D eigenvalue weighted by Gasteiger charge is 2.32. The highest BCUT2D eigenvalue weighted by atomic mass is 35.5. The fourth-order valence-electron chi connectivity index (χ4n) is 2.04. The van der Waals surface area contributed by atoms with E-state index in [9.17, 15) is 27.7 Å². The average molecular weight is 331 g/mol. The summed E-state index contributed by atoms with van der Waals surface area (Å²) in [7, 11) is -5.03. The Morgan fingerprint density at radius 3 is 1.86 bits per heavy atom. The Bertz CT molecular complexity index is 886. The Balaban J connectivity index is 3.24. The van der Waals surface area contributed by atoms with E-state index in [2.05, 4.69) is 0 Å². The Morgan fingerprint density at radius 1 is 0.952 bits per heavy atom. The van der Waals surface area contributed by atoms with Gasteiger partial charge in [0.2, 0.25) is 0 Å². The molecular formula is C12H7ClO7S. The molecule has 0 aliphatic rings. The van der Waals surface area contributed by atoms with E-state index in [1.165, 1.54) is 24.3 Å². The van der Waals surface area contributed by atoms with Crippen LogP contribution in [0.15, 0.2) is 29.2 Å². The van der Waals surface area contributed by atoms with Gasteiger partial charge in [0, 0.05) is 5.39 Å². The third kappa shape index (κ3) is 2.44. The molecule has 0 saturated heterocycles.